The smallest absolute Gasteiger partial charge is 0.269 e. The lowest BCUT2D eigenvalue weighted by atomic mass is 10.1. The Morgan fingerprint density at radius 3 is 2.57 bits per heavy atom. The van der Waals surface area contributed by atoms with Crippen molar-refractivity contribution in [3.05, 3.63) is 98.6 Å². The molecular weight excluding hydrogens is 396 g/mol. The van der Waals surface area contributed by atoms with Crippen LogP contribution in [0, 0.1) is 28.4 Å². The van der Waals surface area contributed by atoms with E-state index in [1.807, 2.05) is 59.5 Å². The van der Waals surface area contributed by atoms with Gasteiger partial charge in [-0.25, -0.2) is 4.98 Å². The second kappa shape index (κ2) is 8.15. The molecule has 6 nitrogen and oxygen atoms in total. The number of nitro groups is 1. The lowest BCUT2D eigenvalue weighted by Crippen LogP contribution is -1.96. The molecular formula is C23H16N4O2S. The largest absolute Gasteiger partial charge is 0.317 e. The van der Waals surface area contributed by atoms with Crippen LogP contribution in [0.25, 0.3) is 28.6 Å². The van der Waals surface area contributed by atoms with Crippen molar-refractivity contribution in [2.75, 3.05) is 0 Å². The zero-order chi connectivity index (χ0) is 21.1. The first-order valence-corrected chi connectivity index (χ1v) is 10.00. The van der Waals surface area contributed by atoms with Crippen LogP contribution in [0.5, 0.6) is 0 Å². The predicted octanol–water partition coefficient (Wildman–Crippen LogP) is 5.88. The van der Waals surface area contributed by atoms with E-state index >= 15 is 0 Å². The van der Waals surface area contributed by atoms with Crippen molar-refractivity contribution in [2.24, 2.45) is 0 Å². The van der Waals surface area contributed by atoms with Crippen molar-refractivity contribution in [1.29, 1.82) is 5.26 Å². The molecule has 0 radical (unpaired) electrons. The second-order valence-corrected chi connectivity index (χ2v) is 7.51. The Bertz CT molecular complexity index is 1280. The van der Waals surface area contributed by atoms with E-state index in [-0.39, 0.29) is 5.69 Å². The summed E-state index contributed by atoms with van der Waals surface area (Å²) in [6.45, 7) is 2.03. The molecule has 0 saturated heterocycles. The summed E-state index contributed by atoms with van der Waals surface area (Å²) < 4.78 is 1.87. The van der Waals surface area contributed by atoms with Crippen molar-refractivity contribution in [3.8, 4) is 23.0 Å². The molecule has 0 saturated carbocycles. The standard InChI is InChI=1S/C23H16N4O2S/c1-16-4-6-17(7-5-16)22-15-30-23(25-22)18(14-24)13-21-3-2-12-26(21)19-8-10-20(11-9-19)27(28)29/h2-13,15H,1H3/b18-13+. The summed E-state index contributed by atoms with van der Waals surface area (Å²) in [6, 6.07) is 20.4. The van der Waals surface area contributed by atoms with Crippen LogP contribution in [0.1, 0.15) is 16.3 Å². The number of thiazole rings is 1. The van der Waals surface area contributed by atoms with Crippen LogP contribution in [0.4, 0.5) is 5.69 Å². The summed E-state index contributed by atoms with van der Waals surface area (Å²) in [5.74, 6) is 0. The van der Waals surface area contributed by atoms with Crippen molar-refractivity contribution in [2.45, 2.75) is 6.92 Å². The highest BCUT2D eigenvalue weighted by molar-refractivity contribution is 7.11. The van der Waals surface area contributed by atoms with E-state index in [1.54, 1.807) is 18.2 Å². The predicted molar refractivity (Wildman–Crippen MR) is 118 cm³/mol. The summed E-state index contributed by atoms with van der Waals surface area (Å²) in [5, 5.41) is 23.2. The van der Waals surface area contributed by atoms with Gasteiger partial charge in [-0.05, 0) is 37.3 Å². The SMILES string of the molecule is Cc1ccc(-c2csc(/C(C#N)=C/c3cccn3-c3ccc([N+](=O)[O-])cc3)n2)cc1. The Balaban J connectivity index is 1.66. The summed E-state index contributed by atoms with van der Waals surface area (Å²) in [4.78, 5) is 15.1. The first-order valence-electron chi connectivity index (χ1n) is 9.12. The van der Waals surface area contributed by atoms with Gasteiger partial charge in [0.1, 0.15) is 11.1 Å². The molecule has 7 heteroatoms. The number of non-ortho nitro benzene ring substituents is 1. The highest BCUT2D eigenvalue weighted by atomic mass is 32.1. The maximum absolute atomic E-state index is 10.9. The number of allylic oxidation sites excluding steroid dienone is 1. The van der Waals surface area contributed by atoms with Crippen molar-refractivity contribution < 1.29 is 4.92 Å². The van der Waals surface area contributed by atoms with Gasteiger partial charge in [0.25, 0.3) is 5.69 Å². The Morgan fingerprint density at radius 1 is 1.17 bits per heavy atom. The molecule has 4 rings (SSSR count). The molecule has 0 amide bonds. The van der Waals surface area contributed by atoms with Crippen LogP contribution in [0.2, 0.25) is 0 Å². The number of hydrogen-bond donors (Lipinski definition) is 0. The van der Waals surface area contributed by atoms with E-state index in [9.17, 15) is 15.4 Å². The Labute approximate surface area is 177 Å². The molecule has 146 valence electrons. The van der Waals surface area contributed by atoms with Crippen LogP contribution in [-0.4, -0.2) is 14.5 Å². The van der Waals surface area contributed by atoms with Crippen molar-refractivity contribution in [3.63, 3.8) is 0 Å². The van der Waals surface area contributed by atoms with E-state index in [2.05, 4.69) is 11.1 Å². The van der Waals surface area contributed by atoms with Crippen LogP contribution in [0.15, 0.2) is 72.2 Å². The summed E-state index contributed by atoms with van der Waals surface area (Å²) in [7, 11) is 0. The topological polar surface area (TPSA) is 84.8 Å². The van der Waals surface area contributed by atoms with Crippen molar-refractivity contribution in [1.82, 2.24) is 9.55 Å². The highest BCUT2D eigenvalue weighted by Crippen LogP contribution is 2.28. The Morgan fingerprint density at radius 2 is 1.90 bits per heavy atom. The third-order valence-electron chi connectivity index (χ3n) is 4.61. The summed E-state index contributed by atoms with van der Waals surface area (Å²) >= 11 is 1.42. The van der Waals surface area contributed by atoms with Gasteiger partial charge in [-0.2, -0.15) is 5.26 Å². The Hall–Kier alpha value is -4.02. The van der Waals surface area contributed by atoms with Gasteiger partial charge in [0.05, 0.1) is 16.2 Å². The lowest BCUT2D eigenvalue weighted by Gasteiger charge is -2.06. The molecule has 0 aliphatic carbocycles. The highest BCUT2D eigenvalue weighted by Gasteiger charge is 2.11. The summed E-state index contributed by atoms with van der Waals surface area (Å²) in [5.41, 5.74) is 5.07. The van der Waals surface area contributed by atoms with E-state index < -0.39 is 4.92 Å². The second-order valence-electron chi connectivity index (χ2n) is 6.65. The van der Waals surface area contributed by atoms with Crippen LogP contribution in [-0.2, 0) is 0 Å². The maximum Gasteiger partial charge on any atom is 0.269 e. The van der Waals surface area contributed by atoms with Gasteiger partial charge in [-0.3, -0.25) is 10.1 Å². The van der Waals surface area contributed by atoms with Gasteiger partial charge in [-0.15, -0.1) is 11.3 Å². The van der Waals surface area contributed by atoms with Gasteiger partial charge in [0.15, 0.2) is 0 Å². The van der Waals surface area contributed by atoms with Gasteiger partial charge in [-0.1, -0.05) is 29.8 Å². The van der Waals surface area contributed by atoms with Crippen LogP contribution >= 0.6 is 11.3 Å². The van der Waals surface area contributed by atoms with E-state index in [0.29, 0.717) is 10.6 Å². The number of rotatable bonds is 5. The molecule has 2 heterocycles. The molecule has 30 heavy (non-hydrogen) atoms. The number of aromatic nitrogens is 2. The minimum absolute atomic E-state index is 0.0344. The molecule has 2 aromatic heterocycles. The third-order valence-corrected chi connectivity index (χ3v) is 5.49. The quantitative estimate of drug-likeness (QED) is 0.233. The molecule has 0 N–H and O–H groups in total. The fourth-order valence-electron chi connectivity index (χ4n) is 3.03. The molecule has 0 aliphatic rings. The lowest BCUT2D eigenvalue weighted by molar-refractivity contribution is -0.384. The Kier molecular flexibility index (Phi) is 5.24. The van der Waals surface area contributed by atoms with Crippen LogP contribution in [0.3, 0.4) is 0 Å². The fourth-order valence-corrected chi connectivity index (χ4v) is 3.82. The van der Waals surface area contributed by atoms with Gasteiger partial charge in [0.2, 0.25) is 0 Å². The normalized spacial score (nSPS) is 11.3. The van der Waals surface area contributed by atoms with Crippen molar-refractivity contribution >= 4 is 28.7 Å². The average Bonchev–Trinajstić information content (AvgIpc) is 3.42. The average molecular weight is 412 g/mol. The first-order chi connectivity index (χ1) is 14.5. The van der Waals surface area contributed by atoms with E-state index in [4.69, 9.17) is 0 Å². The number of nitriles is 1. The monoisotopic (exact) mass is 412 g/mol. The number of nitrogens with zero attached hydrogens (tertiary/aromatic N) is 4. The molecule has 0 atom stereocenters. The molecule has 0 bridgehead atoms. The van der Waals surface area contributed by atoms with Gasteiger partial charge < -0.3 is 4.57 Å². The minimum atomic E-state index is -0.428. The van der Waals surface area contributed by atoms with Gasteiger partial charge in [0, 0.05) is 40.7 Å². The van der Waals surface area contributed by atoms with E-state index in [0.717, 1.165) is 22.6 Å². The number of nitro benzene ring substituents is 1. The molecule has 0 aliphatic heterocycles. The maximum atomic E-state index is 10.9. The van der Waals surface area contributed by atoms with Gasteiger partial charge >= 0.3 is 0 Å². The zero-order valence-electron chi connectivity index (χ0n) is 16.0. The van der Waals surface area contributed by atoms with Crippen LogP contribution < -0.4 is 0 Å². The fraction of sp³-hybridized carbons (Fsp3) is 0.0435. The van der Waals surface area contributed by atoms with E-state index in [1.165, 1.54) is 29.0 Å². The molecule has 0 spiro atoms. The first kappa shape index (κ1) is 19.3. The molecule has 2 aromatic carbocycles. The molecule has 4 aromatic rings. The number of aryl methyl sites for hydroxylation is 1. The zero-order valence-corrected chi connectivity index (χ0v) is 16.8. The molecule has 0 fully saturated rings. The summed E-state index contributed by atoms with van der Waals surface area (Å²) in [6.07, 6.45) is 3.63. The third kappa shape index (κ3) is 3.90. The number of hydrogen-bond acceptors (Lipinski definition) is 5. The molecule has 0 unspecified atom stereocenters. The minimum Gasteiger partial charge on any atom is -0.317 e. The number of benzene rings is 2.